The Morgan fingerprint density at radius 1 is 1.36 bits per heavy atom. The molecule has 0 unspecified atom stereocenters. The number of nitrogens with one attached hydrogen (secondary N) is 1. The number of ether oxygens (including phenoxy) is 4. The quantitative estimate of drug-likeness (QED) is 0.323. The summed E-state index contributed by atoms with van der Waals surface area (Å²) in [7, 11) is 1.43. The number of aliphatic hydroxyl groups excluding tert-OH is 1. The molecule has 1 fully saturated rings. The first kappa shape index (κ1) is 23.9. The molecule has 0 spiro atoms. The van der Waals surface area contributed by atoms with Gasteiger partial charge in [0.25, 0.3) is 11.2 Å². The van der Waals surface area contributed by atoms with E-state index in [-0.39, 0.29) is 31.7 Å². The van der Waals surface area contributed by atoms with Crippen LogP contribution in [0.2, 0.25) is 0 Å². The number of aliphatic hydroxyl groups is 1. The Hall–Kier alpha value is -3.71. The number of hydrogen-bond donors (Lipinski definition) is 2. The number of H-pyrrole nitrogens is 1. The van der Waals surface area contributed by atoms with E-state index in [0.717, 1.165) is 4.57 Å². The molecule has 1 aromatic heterocycles. The van der Waals surface area contributed by atoms with Crippen LogP contribution in [0, 0.1) is 17.0 Å². The minimum absolute atomic E-state index is 0.0496. The van der Waals surface area contributed by atoms with Crippen LogP contribution in [-0.2, 0) is 20.6 Å². The van der Waals surface area contributed by atoms with E-state index in [9.17, 15) is 29.6 Å². The number of nitrogens with zero attached hydrogens (tertiary/aromatic N) is 2. The number of carbonyl (C=O) groups is 1. The van der Waals surface area contributed by atoms with Crippen molar-refractivity contribution in [2.45, 2.75) is 38.2 Å². The van der Waals surface area contributed by atoms with Gasteiger partial charge in [-0.25, -0.2) is 9.59 Å². The molecule has 0 amide bonds. The molecule has 3 atom stereocenters. The third-order valence-electron chi connectivity index (χ3n) is 5.10. The van der Waals surface area contributed by atoms with Gasteiger partial charge in [0, 0.05) is 36.2 Å². The van der Waals surface area contributed by atoms with Crippen LogP contribution in [0.15, 0.2) is 34.0 Å². The van der Waals surface area contributed by atoms with Gasteiger partial charge in [0.2, 0.25) is 0 Å². The molecule has 13 nitrogen and oxygen atoms in total. The molecule has 0 aliphatic carbocycles. The van der Waals surface area contributed by atoms with Crippen LogP contribution >= 0.6 is 0 Å². The lowest BCUT2D eigenvalue weighted by atomic mass is 10.1. The van der Waals surface area contributed by atoms with Gasteiger partial charge in [-0.05, 0) is 19.1 Å². The van der Waals surface area contributed by atoms with Crippen molar-refractivity contribution in [3.05, 3.63) is 66.5 Å². The van der Waals surface area contributed by atoms with Crippen LogP contribution in [0.3, 0.4) is 0 Å². The van der Waals surface area contributed by atoms with E-state index in [1.165, 1.54) is 38.4 Å². The number of aromatic nitrogens is 2. The fourth-order valence-electron chi connectivity index (χ4n) is 3.34. The maximum Gasteiger partial charge on any atom is 0.508 e. The van der Waals surface area contributed by atoms with Crippen LogP contribution in [-0.4, -0.2) is 58.3 Å². The van der Waals surface area contributed by atoms with Gasteiger partial charge in [-0.2, -0.15) is 0 Å². The number of rotatable bonds is 8. The normalized spacial score (nSPS) is 19.8. The van der Waals surface area contributed by atoms with Crippen LogP contribution < -0.4 is 16.0 Å². The Bertz CT molecular complexity index is 1140. The molecule has 3 rings (SSSR count). The number of benzene rings is 1. The van der Waals surface area contributed by atoms with Crippen molar-refractivity contribution in [2.24, 2.45) is 0 Å². The molecular formula is C20H23N3O10. The highest BCUT2D eigenvalue weighted by Gasteiger charge is 2.36. The summed E-state index contributed by atoms with van der Waals surface area (Å²) in [5.74, 6) is 0.428. The molecule has 1 aliphatic heterocycles. The third-order valence-corrected chi connectivity index (χ3v) is 5.10. The number of aromatic amines is 1. The summed E-state index contributed by atoms with van der Waals surface area (Å²) in [6, 6.07) is 4.24. The molecular weight excluding hydrogens is 442 g/mol. The van der Waals surface area contributed by atoms with Crippen LogP contribution in [0.5, 0.6) is 5.75 Å². The lowest BCUT2D eigenvalue weighted by Gasteiger charge is -2.16. The monoisotopic (exact) mass is 465 g/mol. The molecule has 178 valence electrons. The van der Waals surface area contributed by atoms with E-state index < -0.39 is 40.8 Å². The molecule has 2 heterocycles. The zero-order valence-corrected chi connectivity index (χ0v) is 17.9. The molecule has 1 aromatic carbocycles. The van der Waals surface area contributed by atoms with E-state index in [1.807, 2.05) is 0 Å². The first-order valence-electron chi connectivity index (χ1n) is 9.96. The highest BCUT2D eigenvalue weighted by Crippen LogP contribution is 2.28. The maximum absolute atomic E-state index is 12.0. The molecule has 2 aromatic rings. The smallest absolute Gasteiger partial charge is 0.497 e. The van der Waals surface area contributed by atoms with Gasteiger partial charge in [0.05, 0.1) is 24.7 Å². The third kappa shape index (κ3) is 5.75. The number of methoxy groups -OCH3 is 1. The van der Waals surface area contributed by atoms with Crippen LogP contribution in [0.1, 0.15) is 23.8 Å². The second kappa shape index (κ2) is 10.3. The second-order valence-corrected chi connectivity index (χ2v) is 7.32. The summed E-state index contributed by atoms with van der Waals surface area (Å²) in [5.41, 5.74) is -0.709. The Kier molecular flexibility index (Phi) is 7.45. The zero-order chi connectivity index (χ0) is 24.1. The van der Waals surface area contributed by atoms with Gasteiger partial charge in [0.1, 0.15) is 24.7 Å². The standard InChI is InChI=1S/C20H23N3O10/c1-11-9-22(19(26)21-18(11)25)17-8-15(24)16(33-17)10-32-20(27)31-6-5-12-7-13(30-2)3-4-14(12)23(28)29/h3-4,7,9,15-17,24H,5-6,8,10H2,1-2H3,(H,21,25,26)/t15-,16+,17+/m0/s1. The van der Waals surface area contributed by atoms with Crippen molar-refractivity contribution in [1.29, 1.82) is 0 Å². The zero-order valence-electron chi connectivity index (χ0n) is 17.9. The number of carbonyl (C=O) groups excluding carboxylic acids is 1. The molecule has 1 aliphatic rings. The molecule has 0 saturated carbocycles. The average molecular weight is 465 g/mol. The topological polar surface area (TPSA) is 172 Å². The summed E-state index contributed by atoms with van der Waals surface area (Å²) in [4.78, 5) is 48.1. The van der Waals surface area contributed by atoms with Gasteiger partial charge in [-0.15, -0.1) is 0 Å². The number of aryl methyl sites for hydroxylation is 1. The minimum atomic E-state index is -1.04. The van der Waals surface area contributed by atoms with Crippen molar-refractivity contribution in [1.82, 2.24) is 9.55 Å². The summed E-state index contributed by atoms with van der Waals surface area (Å²) < 4.78 is 21.7. The first-order chi connectivity index (χ1) is 15.7. The first-order valence-corrected chi connectivity index (χ1v) is 9.96. The van der Waals surface area contributed by atoms with E-state index in [1.54, 1.807) is 0 Å². The average Bonchev–Trinajstić information content (AvgIpc) is 3.14. The summed E-state index contributed by atoms with van der Waals surface area (Å²) in [6.07, 6.45) is -2.40. The predicted molar refractivity (Wildman–Crippen MR) is 111 cm³/mol. The van der Waals surface area contributed by atoms with E-state index in [2.05, 4.69) is 4.98 Å². The molecule has 1 saturated heterocycles. The fraction of sp³-hybridized carbons (Fsp3) is 0.450. The van der Waals surface area contributed by atoms with Crippen molar-refractivity contribution < 1.29 is 33.8 Å². The van der Waals surface area contributed by atoms with E-state index >= 15 is 0 Å². The lowest BCUT2D eigenvalue weighted by molar-refractivity contribution is -0.385. The fourth-order valence-corrected chi connectivity index (χ4v) is 3.34. The van der Waals surface area contributed by atoms with Crippen molar-refractivity contribution in [2.75, 3.05) is 20.3 Å². The maximum atomic E-state index is 12.0. The molecule has 33 heavy (non-hydrogen) atoms. The van der Waals surface area contributed by atoms with E-state index in [0.29, 0.717) is 16.9 Å². The number of nitro benzene ring substituents is 1. The minimum Gasteiger partial charge on any atom is -0.497 e. The summed E-state index contributed by atoms with van der Waals surface area (Å²) in [6.45, 7) is 0.999. The lowest BCUT2D eigenvalue weighted by Crippen LogP contribution is -2.33. The molecule has 2 N–H and O–H groups in total. The van der Waals surface area contributed by atoms with Crippen LogP contribution in [0.4, 0.5) is 10.5 Å². The van der Waals surface area contributed by atoms with Gasteiger partial charge < -0.3 is 24.1 Å². The Morgan fingerprint density at radius 3 is 2.82 bits per heavy atom. The Morgan fingerprint density at radius 2 is 2.12 bits per heavy atom. The van der Waals surface area contributed by atoms with Crippen molar-refractivity contribution in [3.63, 3.8) is 0 Å². The highest BCUT2D eigenvalue weighted by molar-refractivity contribution is 5.60. The second-order valence-electron chi connectivity index (χ2n) is 7.32. The molecule has 13 heteroatoms. The largest absolute Gasteiger partial charge is 0.508 e. The molecule has 0 bridgehead atoms. The number of nitro groups is 1. The summed E-state index contributed by atoms with van der Waals surface area (Å²) in [5, 5.41) is 21.3. The van der Waals surface area contributed by atoms with Gasteiger partial charge >= 0.3 is 11.8 Å². The summed E-state index contributed by atoms with van der Waals surface area (Å²) >= 11 is 0. The van der Waals surface area contributed by atoms with Crippen molar-refractivity contribution >= 4 is 11.8 Å². The van der Waals surface area contributed by atoms with Gasteiger partial charge in [0.15, 0.2) is 0 Å². The van der Waals surface area contributed by atoms with E-state index in [4.69, 9.17) is 18.9 Å². The van der Waals surface area contributed by atoms with Gasteiger partial charge in [-0.3, -0.25) is 24.5 Å². The number of hydrogen-bond acceptors (Lipinski definition) is 10. The molecule has 0 radical (unpaired) electrons. The predicted octanol–water partition coefficient (Wildman–Crippen LogP) is 0.806. The Balaban J connectivity index is 1.51. The highest BCUT2D eigenvalue weighted by atomic mass is 16.7. The van der Waals surface area contributed by atoms with Crippen molar-refractivity contribution in [3.8, 4) is 5.75 Å². The Labute approximate surface area is 186 Å². The van der Waals surface area contributed by atoms with Crippen LogP contribution in [0.25, 0.3) is 0 Å². The van der Waals surface area contributed by atoms with Gasteiger partial charge in [-0.1, -0.05) is 0 Å². The SMILES string of the molecule is COc1ccc([N+](=O)[O-])c(CCOC(=O)OC[C@H]2O[C@@H](n3cc(C)c(=O)[nH]c3=O)C[C@@H]2O)c1.